The molecule has 108 valence electrons. The molecule has 0 radical (unpaired) electrons. The average molecular weight is 286 g/mol. The van der Waals surface area contributed by atoms with Gasteiger partial charge in [0.05, 0.1) is 4.90 Å². The van der Waals surface area contributed by atoms with Crippen LogP contribution >= 0.6 is 0 Å². The normalized spacial score (nSPS) is 21.4. The maximum Gasteiger partial charge on any atom is 0.244 e. The third-order valence-corrected chi connectivity index (χ3v) is 5.42. The Labute approximate surface area is 114 Å². The quantitative estimate of drug-likeness (QED) is 0.803. The van der Waals surface area contributed by atoms with Gasteiger partial charge in [-0.05, 0) is 33.6 Å². The molecular formula is C12H22N4O2S. The monoisotopic (exact) mass is 286 g/mol. The third-order valence-electron chi connectivity index (χ3n) is 3.58. The summed E-state index contributed by atoms with van der Waals surface area (Å²) in [6, 6.07) is 2.01. The van der Waals surface area contributed by atoms with Gasteiger partial charge in [0, 0.05) is 37.6 Å². The molecule has 2 rings (SSSR count). The van der Waals surface area contributed by atoms with E-state index in [1.807, 2.05) is 21.1 Å². The highest BCUT2D eigenvalue weighted by Crippen LogP contribution is 2.23. The summed E-state index contributed by atoms with van der Waals surface area (Å²) in [5, 5.41) is 2.99. The first-order valence-corrected chi connectivity index (χ1v) is 7.87. The van der Waals surface area contributed by atoms with Gasteiger partial charge in [-0.2, -0.15) is 4.31 Å². The molecule has 2 N–H and O–H groups in total. The van der Waals surface area contributed by atoms with Crippen LogP contribution in [0.2, 0.25) is 0 Å². The van der Waals surface area contributed by atoms with Gasteiger partial charge >= 0.3 is 0 Å². The van der Waals surface area contributed by atoms with Crippen LogP contribution in [-0.4, -0.2) is 62.9 Å². The number of aromatic amines is 1. The van der Waals surface area contributed by atoms with Gasteiger partial charge in [-0.25, -0.2) is 8.42 Å². The number of likely N-dealkylation sites (N-methyl/N-ethyl adjacent to an activating group) is 1. The van der Waals surface area contributed by atoms with Gasteiger partial charge in [-0.1, -0.05) is 0 Å². The molecule has 1 atom stereocenters. The Morgan fingerprint density at radius 2 is 2.26 bits per heavy atom. The molecule has 19 heavy (non-hydrogen) atoms. The van der Waals surface area contributed by atoms with E-state index in [2.05, 4.69) is 15.2 Å². The zero-order chi connectivity index (χ0) is 14.0. The van der Waals surface area contributed by atoms with E-state index in [-0.39, 0.29) is 0 Å². The van der Waals surface area contributed by atoms with Gasteiger partial charge in [0.1, 0.15) is 0 Å². The van der Waals surface area contributed by atoms with Crippen molar-refractivity contribution in [2.75, 3.05) is 34.2 Å². The van der Waals surface area contributed by atoms with Crippen LogP contribution in [0.1, 0.15) is 12.1 Å². The number of nitrogens with zero attached hydrogens (tertiary/aromatic N) is 2. The predicted octanol–water partition coefficient (Wildman–Crippen LogP) is 0.0587. The number of hydrogen-bond donors (Lipinski definition) is 2. The van der Waals surface area contributed by atoms with Crippen molar-refractivity contribution in [3.8, 4) is 0 Å². The fourth-order valence-electron chi connectivity index (χ4n) is 2.36. The summed E-state index contributed by atoms with van der Waals surface area (Å²) in [4.78, 5) is 5.43. The van der Waals surface area contributed by atoms with Crippen molar-refractivity contribution in [1.29, 1.82) is 0 Å². The van der Waals surface area contributed by atoms with E-state index in [9.17, 15) is 8.42 Å². The SMILES string of the molecule is CNCc1cc(S(=O)(=O)N2CCC(N(C)C)C2)c[nH]1. The highest BCUT2D eigenvalue weighted by atomic mass is 32.2. The number of hydrogen-bond acceptors (Lipinski definition) is 4. The van der Waals surface area contributed by atoms with E-state index in [0.717, 1.165) is 12.1 Å². The Kier molecular flexibility index (Phi) is 4.29. The van der Waals surface area contributed by atoms with Crippen LogP contribution in [0.3, 0.4) is 0 Å². The number of H-pyrrole nitrogens is 1. The first-order chi connectivity index (χ1) is 8.95. The Morgan fingerprint density at radius 1 is 1.53 bits per heavy atom. The van der Waals surface area contributed by atoms with Crippen LogP contribution in [0.25, 0.3) is 0 Å². The molecular weight excluding hydrogens is 264 g/mol. The second-order valence-electron chi connectivity index (χ2n) is 5.16. The minimum atomic E-state index is -3.35. The summed E-state index contributed by atoms with van der Waals surface area (Å²) in [6.45, 7) is 1.80. The second kappa shape index (κ2) is 5.62. The van der Waals surface area contributed by atoms with Crippen molar-refractivity contribution in [3.05, 3.63) is 18.0 Å². The molecule has 0 aliphatic carbocycles. The van der Waals surface area contributed by atoms with Crippen molar-refractivity contribution in [2.24, 2.45) is 0 Å². The first kappa shape index (κ1) is 14.5. The van der Waals surface area contributed by atoms with E-state index in [0.29, 0.717) is 30.6 Å². The molecule has 6 nitrogen and oxygen atoms in total. The molecule has 0 amide bonds. The maximum atomic E-state index is 12.5. The lowest BCUT2D eigenvalue weighted by Gasteiger charge is -2.19. The number of rotatable bonds is 5. The second-order valence-corrected chi connectivity index (χ2v) is 7.10. The maximum absolute atomic E-state index is 12.5. The van der Waals surface area contributed by atoms with Crippen LogP contribution in [0.4, 0.5) is 0 Å². The Morgan fingerprint density at radius 3 is 2.84 bits per heavy atom. The minimum absolute atomic E-state index is 0.311. The van der Waals surface area contributed by atoms with Crippen molar-refractivity contribution >= 4 is 10.0 Å². The van der Waals surface area contributed by atoms with Crippen LogP contribution in [0.15, 0.2) is 17.2 Å². The van der Waals surface area contributed by atoms with Crippen molar-refractivity contribution < 1.29 is 8.42 Å². The van der Waals surface area contributed by atoms with E-state index in [1.165, 1.54) is 0 Å². The summed E-state index contributed by atoms with van der Waals surface area (Å²) in [6.07, 6.45) is 2.46. The van der Waals surface area contributed by atoms with Gasteiger partial charge in [-0.3, -0.25) is 0 Å². The summed E-state index contributed by atoms with van der Waals surface area (Å²) >= 11 is 0. The van der Waals surface area contributed by atoms with Gasteiger partial charge in [0.2, 0.25) is 10.0 Å². The smallest absolute Gasteiger partial charge is 0.244 e. The Hall–Kier alpha value is -0.890. The van der Waals surface area contributed by atoms with Gasteiger partial charge in [-0.15, -0.1) is 0 Å². The summed E-state index contributed by atoms with van der Waals surface area (Å²) in [5.74, 6) is 0. The van der Waals surface area contributed by atoms with E-state index < -0.39 is 10.0 Å². The fourth-order valence-corrected chi connectivity index (χ4v) is 3.87. The highest BCUT2D eigenvalue weighted by Gasteiger charge is 2.33. The average Bonchev–Trinajstić information content (AvgIpc) is 2.98. The lowest BCUT2D eigenvalue weighted by Crippen LogP contribution is -2.34. The fraction of sp³-hybridized carbons (Fsp3) is 0.667. The molecule has 1 fully saturated rings. The van der Waals surface area contributed by atoms with Gasteiger partial charge in [0.25, 0.3) is 0 Å². The highest BCUT2D eigenvalue weighted by molar-refractivity contribution is 7.89. The van der Waals surface area contributed by atoms with Gasteiger partial charge < -0.3 is 15.2 Å². The third kappa shape index (κ3) is 3.00. The largest absolute Gasteiger partial charge is 0.363 e. The van der Waals surface area contributed by atoms with Crippen LogP contribution in [-0.2, 0) is 16.6 Å². The molecule has 7 heteroatoms. The molecule has 0 aromatic carbocycles. The molecule has 1 aromatic rings. The number of aromatic nitrogens is 1. The lowest BCUT2D eigenvalue weighted by atomic mass is 10.2. The van der Waals surface area contributed by atoms with Crippen molar-refractivity contribution in [1.82, 2.24) is 19.5 Å². The molecule has 1 aliphatic rings. The van der Waals surface area contributed by atoms with Crippen molar-refractivity contribution in [2.45, 2.75) is 23.9 Å². The number of sulfonamides is 1. The lowest BCUT2D eigenvalue weighted by molar-refractivity contribution is 0.302. The minimum Gasteiger partial charge on any atom is -0.363 e. The molecule has 0 saturated carbocycles. The van der Waals surface area contributed by atoms with E-state index in [1.54, 1.807) is 16.6 Å². The molecule has 0 spiro atoms. The number of nitrogens with one attached hydrogen (secondary N) is 2. The standard InChI is InChI=1S/C12H22N4O2S/c1-13-7-10-6-12(8-14-10)19(17,18)16-5-4-11(9-16)15(2)3/h6,8,11,13-14H,4-5,7,9H2,1-3H3. The molecule has 2 heterocycles. The predicted molar refractivity (Wildman–Crippen MR) is 74.4 cm³/mol. The van der Waals surface area contributed by atoms with Gasteiger partial charge in [0.15, 0.2) is 0 Å². The van der Waals surface area contributed by atoms with Crippen molar-refractivity contribution in [3.63, 3.8) is 0 Å². The summed E-state index contributed by atoms with van der Waals surface area (Å²) < 4.78 is 26.5. The summed E-state index contributed by atoms with van der Waals surface area (Å²) in [5.41, 5.74) is 0.879. The zero-order valence-corrected chi connectivity index (χ0v) is 12.5. The molecule has 1 saturated heterocycles. The first-order valence-electron chi connectivity index (χ1n) is 6.43. The Bertz CT molecular complexity index is 524. The zero-order valence-electron chi connectivity index (χ0n) is 11.7. The molecule has 0 bridgehead atoms. The van der Waals surface area contributed by atoms with Crippen LogP contribution in [0.5, 0.6) is 0 Å². The van der Waals surface area contributed by atoms with E-state index in [4.69, 9.17) is 0 Å². The topological polar surface area (TPSA) is 68.4 Å². The molecule has 1 unspecified atom stereocenters. The summed E-state index contributed by atoms with van der Waals surface area (Å²) in [7, 11) is 2.45. The van der Waals surface area contributed by atoms with Crippen LogP contribution < -0.4 is 5.32 Å². The Balaban J connectivity index is 2.14. The van der Waals surface area contributed by atoms with E-state index >= 15 is 0 Å². The molecule has 1 aliphatic heterocycles. The molecule has 1 aromatic heterocycles. The van der Waals surface area contributed by atoms with Crippen LogP contribution in [0, 0.1) is 0 Å².